The second-order valence-corrected chi connectivity index (χ2v) is 6.08. The van der Waals surface area contributed by atoms with Crippen molar-refractivity contribution in [1.82, 2.24) is 4.98 Å². The Kier molecular flexibility index (Phi) is 3.01. The minimum Gasteiger partial charge on any atom is -0.264 e. The summed E-state index contributed by atoms with van der Waals surface area (Å²) < 4.78 is 11.8. The molecule has 2 nitrogen and oxygen atoms in total. The zero-order valence-corrected chi connectivity index (χ0v) is 8.81. The molecule has 0 saturated carbocycles. The molecule has 2 atom stereocenters. The van der Waals surface area contributed by atoms with E-state index in [0.29, 0.717) is 0 Å². The number of nitrogens with zero attached hydrogens (tertiary/aromatic N) is 1. The highest BCUT2D eigenvalue weighted by molar-refractivity contribution is 8.11. The molecule has 2 rings (SSSR count). The maximum Gasteiger partial charge on any atom is 0.106 e. The van der Waals surface area contributed by atoms with Crippen LogP contribution in [0.2, 0.25) is 0 Å². The van der Waals surface area contributed by atoms with E-state index in [9.17, 15) is 4.21 Å². The molecule has 2 heterocycles. The van der Waals surface area contributed by atoms with Gasteiger partial charge in [-0.05, 0) is 23.8 Å². The molecule has 1 aliphatic heterocycles. The molecule has 0 unspecified atom stereocenters. The zero-order chi connectivity index (χ0) is 9.10. The molecule has 0 N–H and O–H groups in total. The fourth-order valence-corrected chi connectivity index (χ4v) is 4.65. The maximum atomic E-state index is 11.7. The third-order valence-corrected chi connectivity index (χ3v) is 5.55. The second-order valence-electron chi connectivity index (χ2n) is 2.93. The van der Waals surface area contributed by atoms with E-state index in [-0.39, 0.29) is 4.58 Å². The molecule has 1 aliphatic rings. The smallest absolute Gasteiger partial charge is 0.106 e. The molecule has 1 fully saturated rings. The Morgan fingerprint density at radius 3 is 3.23 bits per heavy atom. The molecule has 4 heteroatoms. The Morgan fingerprint density at radius 2 is 2.54 bits per heavy atom. The van der Waals surface area contributed by atoms with E-state index in [1.807, 2.05) is 18.3 Å². The molecule has 0 aliphatic carbocycles. The van der Waals surface area contributed by atoms with E-state index < -0.39 is 10.8 Å². The third kappa shape index (κ3) is 2.11. The second kappa shape index (κ2) is 4.24. The molecule has 1 saturated heterocycles. The van der Waals surface area contributed by atoms with Gasteiger partial charge in [0, 0.05) is 28.9 Å². The van der Waals surface area contributed by atoms with Crippen LogP contribution in [0, 0.1) is 0 Å². The van der Waals surface area contributed by atoms with Crippen LogP contribution in [0.5, 0.6) is 0 Å². The Bertz CT molecular complexity index is 302. The lowest BCUT2D eigenvalue weighted by Crippen LogP contribution is -2.13. The summed E-state index contributed by atoms with van der Waals surface area (Å²) in [5.74, 6) is 1.96. The minimum atomic E-state index is -0.706. The highest BCUT2D eigenvalue weighted by atomic mass is 32.2. The van der Waals surface area contributed by atoms with Gasteiger partial charge in [0.15, 0.2) is 0 Å². The van der Waals surface area contributed by atoms with Crippen LogP contribution in [-0.2, 0) is 10.8 Å². The van der Waals surface area contributed by atoms with Gasteiger partial charge in [-0.15, -0.1) is 11.8 Å². The average molecular weight is 213 g/mol. The van der Waals surface area contributed by atoms with E-state index in [1.165, 1.54) is 0 Å². The Morgan fingerprint density at radius 1 is 1.62 bits per heavy atom. The summed E-state index contributed by atoms with van der Waals surface area (Å²) in [4.78, 5) is 4.05. The van der Waals surface area contributed by atoms with Crippen molar-refractivity contribution in [3.63, 3.8) is 0 Å². The van der Waals surface area contributed by atoms with Crippen molar-refractivity contribution < 1.29 is 4.21 Å². The van der Waals surface area contributed by atoms with Gasteiger partial charge in [0.25, 0.3) is 0 Å². The number of pyridine rings is 1. The van der Waals surface area contributed by atoms with Crippen molar-refractivity contribution in [3.8, 4) is 0 Å². The van der Waals surface area contributed by atoms with E-state index >= 15 is 0 Å². The predicted octanol–water partition coefficient (Wildman–Crippen LogP) is 1.97. The normalized spacial score (nSPS) is 28.6. The first kappa shape index (κ1) is 9.21. The van der Waals surface area contributed by atoms with E-state index in [0.717, 1.165) is 23.5 Å². The fraction of sp³-hybridized carbons (Fsp3) is 0.444. The van der Waals surface area contributed by atoms with Crippen LogP contribution in [0.1, 0.15) is 16.6 Å². The van der Waals surface area contributed by atoms with Gasteiger partial charge in [0.2, 0.25) is 0 Å². The summed E-state index contributed by atoms with van der Waals surface area (Å²) in [7, 11) is -0.706. The topological polar surface area (TPSA) is 30.0 Å². The Labute approximate surface area is 84.6 Å². The van der Waals surface area contributed by atoms with Gasteiger partial charge < -0.3 is 0 Å². The van der Waals surface area contributed by atoms with E-state index in [4.69, 9.17) is 0 Å². The molecule has 0 aromatic carbocycles. The summed E-state index contributed by atoms with van der Waals surface area (Å²) in [6, 6.07) is 3.91. The lowest BCUT2D eigenvalue weighted by Gasteiger charge is -2.20. The van der Waals surface area contributed by atoms with Crippen LogP contribution >= 0.6 is 11.8 Å². The number of thioether (sulfide) groups is 1. The van der Waals surface area contributed by atoms with Crippen LogP contribution in [-0.4, -0.2) is 20.7 Å². The summed E-state index contributed by atoms with van der Waals surface area (Å²) in [5, 5.41) is 0. The molecule has 0 radical (unpaired) electrons. The van der Waals surface area contributed by atoms with Crippen molar-refractivity contribution in [2.24, 2.45) is 0 Å². The van der Waals surface area contributed by atoms with Gasteiger partial charge in [0.05, 0.1) is 0 Å². The van der Waals surface area contributed by atoms with Crippen molar-refractivity contribution in [2.45, 2.75) is 11.0 Å². The molecular weight excluding hydrogens is 202 g/mol. The molecule has 1 aromatic rings. The van der Waals surface area contributed by atoms with Crippen LogP contribution < -0.4 is 0 Å². The number of hydrogen-bond acceptors (Lipinski definition) is 3. The molecular formula is C9H11NOS2. The van der Waals surface area contributed by atoms with Gasteiger partial charge in [-0.3, -0.25) is 9.19 Å². The SMILES string of the molecule is O=[S@@]1CCCS[C@@H]1c1cccnc1. The largest absolute Gasteiger partial charge is 0.264 e. The molecule has 1 aromatic heterocycles. The zero-order valence-electron chi connectivity index (χ0n) is 7.18. The van der Waals surface area contributed by atoms with Crippen LogP contribution in [0.15, 0.2) is 24.5 Å². The summed E-state index contributed by atoms with van der Waals surface area (Å²) >= 11 is 1.78. The van der Waals surface area contributed by atoms with Crippen molar-refractivity contribution in [1.29, 1.82) is 0 Å². The molecule has 0 bridgehead atoms. The average Bonchev–Trinajstić information content (AvgIpc) is 2.20. The number of hydrogen-bond donors (Lipinski definition) is 0. The van der Waals surface area contributed by atoms with Crippen molar-refractivity contribution in [3.05, 3.63) is 30.1 Å². The van der Waals surface area contributed by atoms with Gasteiger partial charge in [-0.1, -0.05) is 6.07 Å². The van der Waals surface area contributed by atoms with E-state index in [1.54, 1.807) is 18.0 Å². The third-order valence-electron chi connectivity index (χ3n) is 1.95. The standard InChI is InChI=1S/C9H11NOS2/c11-13-6-2-5-12-9(13)8-3-1-4-10-7-8/h1,3-4,7,9H,2,5-6H2/t9-,13+/m0/s1. The van der Waals surface area contributed by atoms with Crippen LogP contribution in [0.3, 0.4) is 0 Å². The molecule has 0 amide bonds. The first-order valence-corrected chi connectivity index (χ1v) is 6.70. The van der Waals surface area contributed by atoms with Gasteiger partial charge in [0.1, 0.15) is 4.58 Å². The molecule has 0 spiro atoms. The number of aromatic nitrogens is 1. The molecule has 13 heavy (non-hydrogen) atoms. The first-order valence-electron chi connectivity index (χ1n) is 4.26. The van der Waals surface area contributed by atoms with Gasteiger partial charge in [-0.2, -0.15) is 0 Å². The van der Waals surface area contributed by atoms with Gasteiger partial charge >= 0.3 is 0 Å². The molecule has 70 valence electrons. The minimum absolute atomic E-state index is 0.155. The maximum absolute atomic E-state index is 11.7. The summed E-state index contributed by atoms with van der Waals surface area (Å²) in [5.41, 5.74) is 1.10. The summed E-state index contributed by atoms with van der Waals surface area (Å²) in [6.45, 7) is 0. The van der Waals surface area contributed by atoms with Crippen LogP contribution in [0.25, 0.3) is 0 Å². The quantitative estimate of drug-likeness (QED) is 0.714. The highest BCUT2D eigenvalue weighted by Crippen LogP contribution is 2.35. The fourth-order valence-electron chi connectivity index (χ4n) is 1.34. The predicted molar refractivity (Wildman–Crippen MR) is 57.1 cm³/mol. The van der Waals surface area contributed by atoms with Crippen LogP contribution in [0.4, 0.5) is 0 Å². The summed E-state index contributed by atoms with van der Waals surface area (Å²) in [6.07, 6.45) is 4.65. The Hall–Kier alpha value is -0.350. The number of rotatable bonds is 1. The van der Waals surface area contributed by atoms with Crippen molar-refractivity contribution >= 4 is 22.6 Å². The monoisotopic (exact) mass is 213 g/mol. The Balaban J connectivity index is 2.20. The first-order chi connectivity index (χ1) is 6.38. The van der Waals surface area contributed by atoms with Gasteiger partial charge in [-0.25, -0.2) is 0 Å². The lowest BCUT2D eigenvalue weighted by atomic mass is 10.3. The highest BCUT2D eigenvalue weighted by Gasteiger charge is 2.22. The van der Waals surface area contributed by atoms with E-state index in [2.05, 4.69) is 4.98 Å². The lowest BCUT2D eigenvalue weighted by molar-refractivity contribution is 0.679. The van der Waals surface area contributed by atoms with Crippen molar-refractivity contribution in [2.75, 3.05) is 11.5 Å².